The number of nitrogens with two attached hydrogens (primary N) is 1. The summed E-state index contributed by atoms with van der Waals surface area (Å²) >= 11 is 0. The Hall–Kier alpha value is -1.50. The number of benzene rings is 1. The van der Waals surface area contributed by atoms with Crippen molar-refractivity contribution in [1.82, 2.24) is 9.80 Å². The Morgan fingerprint density at radius 1 is 1.04 bits per heavy atom. The van der Waals surface area contributed by atoms with Crippen LogP contribution in [0.2, 0.25) is 0 Å². The third kappa shape index (κ3) is 4.77. The fourth-order valence-electron chi connectivity index (χ4n) is 3.80. The van der Waals surface area contributed by atoms with Crippen LogP contribution < -0.4 is 15.4 Å². The third-order valence-corrected chi connectivity index (χ3v) is 5.39. The van der Waals surface area contributed by atoms with Gasteiger partial charge in [-0.15, -0.1) is 0 Å². The van der Waals surface area contributed by atoms with Gasteiger partial charge < -0.3 is 25.0 Å². The largest absolute Gasteiger partial charge is 0.489 e. The number of rotatable bonds is 6. The quantitative estimate of drug-likeness (QED) is 0.621. The molecule has 140 valence electrons. The molecule has 2 aliphatic rings. The van der Waals surface area contributed by atoms with Gasteiger partial charge in [-0.1, -0.05) is 0 Å². The molecule has 2 aliphatic heterocycles. The van der Waals surface area contributed by atoms with Gasteiger partial charge in [0.2, 0.25) is 0 Å². The van der Waals surface area contributed by atoms with E-state index in [1.54, 1.807) is 7.11 Å². The highest BCUT2D eigenvalue weighted by Gasteiger charge is 2.27. The lowest BCUT2D eigenvalue weighted by atomic mass is 10.0. The van der Waals surface area contributed by atoms with Gasteiger partial charge in [-0.05, 0) is 32.0 Å². The number of hydrogen-bond donors (Lipinski definition) is 1. The van der Waals surface area contributed by atoms with Gasteiger partial charge in [-0.3, -0.25) is 4.90 Å². The van der Waals surface area contributed by atoms with Gasteiger partial charge in [-0.25, -0.2) is 0 Å². The van der Waals surface area contributed by atoms with E-state index < -0.39 is 0 Å². The van der Waals surface area contributed by atoms with Crippen molar-refractivity contribution >= 4 is 11.4 Å². The number of methoxy groups -OCH3 is 1. The summed E-state index contributed by atoms with van der Waals surface area (Å²) in [6.07, 6.45) is 2.43. The van der Waals surface area contributed by atoms with Gasteiger partial charge >= 0.3 is 0 Å². The van der Waals surface area contributed by atoms with Crippen molar-refractivity contribution < 1.29 is 9.47 Å². The molecule has 1 aromatic carbocycles. The highest BCUT2D eigenvalue weighted by atomic mass is 16.5. The second-order valence-corrected chi connectivity index (χ2v) is 7.13. The molecule has 2 N–H and O–H groups in total. The summed E-state index contributed by atoms with van der Waals surface area (Å²) in [4.78, 5) is 7.54. The normalized spacial score (nSPS) is 20.8. The lowest BCUT2D eigenvalue weighted by Crippen LogP contribution is -2.52. The van der Waals surface area contributed by atoms with Crippen LogP contribution in [0.4, 0.5) is 11.4 Å². The van der Waals surface area contributed by atoms with Gasteiger partial charge in [0.25, 0.3) is 0 Å². The van der Waals surface area contributed by atoms with E-state index in [9.17, 15) is 0 Å². The maximum atomic E-state index is 5.95. The Morgan fingerprint density at radius 3 is 2.44 bits per heavy atom. The summed E-state index contributed by atoms with van der Waals surface area (Å²) in [5.41, 5.74) is 7.85. The lowest BCUT2D eigenvalue weighted by molar-refractivity contribution is 0.0980. The van der Waals surface area contributed by atoms with Crippen LogP contribution in [0.5, 0.6) is 5.75 Å². The zero-order valence-corrected chi connectivity index (χ0v) is 15.6. The molecule has 0 aliphatic carbocycles. The second kappa shape index (κ2) is 8.74. The first-order chi connectivity index (χ1) is 12.2. The molecule has 3 rings (SSSR count). The van der Waals surface area contributed by atoms with E-state index in [1.807, 2.05) is 12.1 Å². The average Bonchev–Trinajstić information content (AvgIpc) is 2.63. The summed E-state index contributed by atoms with van der Waals surface area (Å²) in [5.74, 6) is 0.870. The zero-order chi connectivity index (χ0) is 17.6. The highest BCUT2D eigenvalue weighted by molar-refractivity contribution is 5.64. The molecule has 25 heavy (non-hydrogen) atoms. The number of anilines is 2. The SMILES string of the molecule is COCCOc1cc(N)ccc1N1CCC(N2CCN(C)CC2)CC1. The van der Waals surface area contributed by atoms with E-state index in [1.165, 1.54) is 39.0 Å². The maximum Gasteiger partial charge on any atom is 0.144 e. The predicted molar refractivity (Wildman–Crippen MR) is 103 cm³/mol. The summed E-state index contributed by atoms with van der Waals surface area (Å²) < 4.78 is 11.0. The van der Waals surface area contributed by atoms with E-state index in [0.29, 0.717) is 13.2 Å². The molecule has 6 heteroatoms. The number of piperazine rings is 1. The molecular formula is C19H32N4O2. The molecule has 0 spiro atoms. The van der Waals surface area contributed by atoms with Crippen molar-refractivity contribution in [2.75, 3.05) is 77.3 Å². The van der Waals surface area contributed by atoms with E-state index >= 15 is 0 Å². The van der Waals surface area contributed by atoms with Crippen LogP contribution in [-0.4, -0.2) is 82.5 Å². The van der Waals surface area contributed by atoms with Crippen LogP contribution in [0.15, 0.2) is 18.2 Å². The lowest BCUT2D eigenvalue weighted by Gasteiger charge is -2.42. The Kier molecular flexibility index (Phi) is 6.39. The van der Waals surface area contributed by atoms with Crippen molar-refractivity contribution in [3.05, 3.63) is 18.2 Å². The summed E-state index contributed by atoms with van der Waals surface area (Å²) in [7, 11) is 3.90. The zero-order valence-electron chi connectivity index (χ0n) is 15.6. The Morgan fingerprint density at radius 2 is 1.76 bits per heavy atom. The molecule has 0 bridgehead atoms. The van der Waals surface area contributed by atoms with Crippen LogP contribution in [0.3, 0.4) is 0 Å². The van der Waals surface area contributed by atoms with Crippen LogP contribution in [0.1, 0.15) is 12.8 Å². The number of piperidine rings is 1. The second-order valence-electron chi connectivity index (χ2n) is 7.13. The Labute approximate surface area is 151 Å². The molecule has 1 aromatic rings. The molecule has 0 saturated carbocycles. The van der Waals surface area contributed by atoms with Gasteiger partial charge in [0.1, 0.15) is 12.4 Å². The van der Waals surface area contributed by atoms with E-state index in [-0.39, 0.29) is 0 Å². The topological polar surface area (TPSA) is 54.2 Å². The van der Waals surface area contributed by atoms with Crippen LogP contribution in [0.25, 0.3) is 0 Å². The number of nitrogen functional groups attached to an aromatic ring is 1. The van der Waals surface area contributed by atoms with Crippen LogP contribution in [0, 0.1) is 0 Å². The highest BCUT2D eigenvalue weighted by Crippen LogP contribution is 2.33. The predicted octanol–water partition coefficient (Wildman–Crippen LogP) is 1.51. The van der Waals surface area contributed by atoms with Crippen molar-refractivity contribution in [3.63, 3.8) is 0 Å². The summed E-state index contributed by atoms with van der Waals surface area (Å²) in [5, 5.41) is 0. The van der Waals surface area contributed by atoms with Crippen LogP contribution in [-0.2, 0) is 4.74 Å². The molecule has 6 nitrogen and oxygen atoms in total. The summed E-state index contributed by atoms with van der Waals surface area (Å²) in [6.45, 7) is 8.06. The van der Waals surface area contributed by atoms with Crippen molar-refractivity contribution in [1.29, 1.82) is 0 Å². The fraction of sp³-hybridized carbons (Fsp3) is 0.684. The van der Waals surface area contributed by atoms with Crippen molar-refractivity contribution in [2.24, 2.45) is 0 Å². The maximum absolute atomic E-state index is 5.95. The minimum atomic E-state index is 0.546. The van der Waals surface area contributed by atoms with Gasteiger partial charge in [-0.2, -0.15) is 0 Å². The molecule has 0 amide bonds. The molecule has 2 fully saturated rings. The van der Waals surface area contributed by atoms with Gasteiger partial charge in [0, 0.05) is 64.2 Å². The first kappa shape index (κ1) is 18.3. The smallest absolute Gasteiger partial charge is 0.144 e. The molecule has 2 saturated heterocycles. The minimum Gasteiger partial charge on any atom is -0.489 e. The standard InChI is InChI=1S/C19H32N4O2/c1-21-9-11-22(12-10-21)17-5-7-23(8-6-17)18-4-3-16(20)15-19(18)25-14-13-24-2/h3-4,15,17H,5-14,20H2,1-2H3. The Bertz CT molecular complexity index is 538. The first-order valence-corrected chi connectivity index (χ1v) is 9.36. The van der Waals surface area contributed by atoms with Gasteiger partial charge in [0.05, 0.1) is 12.3 Å². The van der Waals surface area contributed by atoms with E-state index in [2.05, 4.69) is 27.8 Å². The van der Waals surface area contributed by atoms with E-state index in [4.69, 9.17) is 15.2 Å². The number of nitrogens with zero attached hydrogens (tertiary/aromatic N) is 3. The Balaban J connectivity index is 1.58. The fourth-order valence-corrected chi connectivity index (χ4v) is 3.80. The molecule has 2 heterocycles. The third-order valence-electron chi connectivity index (χ3n) is 5.39. The molecule has 0 radical (unpaired) electrons. The summed E-state index contributed by atoms with van der Waals surface area (Å²) in [6, 6.07) is 6.70. The van der Waals surface area contributed by atoms with Crippen molar-refractivity contribution in [3.8, 4) is 5.75 Å². The van der Waals surface area contributed by atoms with Gasteiger partial charge in [0.15, 0.2) is 0 Å². The minimum absolute atomic E-state index is 0.546. The molecule has 0 atom stereocenters. The number of hydrogen-bond acceptors (Lipinski definition) is 6. The van der Waals surface area contributed by atoms with Crippen LogP contribution >= 0.6 is 0 Å². The molecular weight excluding hydrogens is 316 g/mol. The van der Waals surface area contributed by atoms with Crippen molar-refractivity contribution in [2.45, 2.75) is 18.9 Å². The molecule has 0 aromatic heterocycles. The number of ether oxygens (including phenoxy) is 2. The van der Waals surface area contributed by atoms with E-state index in [0.717, 1.165) is 36.3 Å². The monoisotopic (exact) mass is 348 g/mol. The number of likely N-dealkylation sites (N-methyl/N-ethyl adjacent to an activating group) is 1. The first-order valence-electron chi connectivity index (χ1n) is 9.36. The average molecular weight is 348 g/mol. The molecule has 0 unspecified atom stereocenters.